The summed E-state index contributed by atoms with van der Waals surface area (Å²) in [7, 11) is 1.84. The standard InChI is InChI=1S/C13H17N/c1-4-10-14(3)12(2)11-13-8-6-5-7-9-13/h1,5-9,12H,10-11H2,2-3H3/t12-/m1/s1/i11D2. The minimum atomic E-state index is -1.40. The topological polar surface area (TPSA) is 3.24 Å². The molecule has 0 saturated heterocycles. The third-order valence-electron chi connectivity index (χ3n) is 2.15. The summed E-state index contributed by atoms with van der Waals surface area (Å²) in [6.45, 7) is 2.30. The average Bonchev–Trinajstić information content (AvgIpc) is 2.29. The fraction of sp³-hybridized carbons (Fsp3) is 0.385. The number of hydrogen-bond acceptors (Lipinski definition) is 1. The Morgan fingerprint density at radius 3 is 2.71 bits per heavy atom. The van der Waals surface area contributed by atoms with Crippen molar-refractivity contribution in [1.29, 1.82) is 0 Å². The second-order valence-corrected chi connectivity index (χ2v) is 3.31. The number of likely N-dealkylation sites (N-methyl/N-ethyl adjacent to an activating group) is 1. The van der Waals surface area contributed by atoms with Crippen LogP contribution in [0.5, 0.6) is 0 Å². The van der Waals surface area contributed by atoms with Crippen LogP contribution in [-0.4, -0.2) is 24.5 Å². The summed E-state index contributed by atoms with van der Waals surface area (Å²) < 4.78 is 16.3. The quantitative estimate of drug-likeness (QED) is 0.656. The molecule has 0 fully saturated rings. The summed E-state index contributed by atoms with van der Waals surface area (Å²) in [5.74, 6) is 2.53. The molecular weight excluding hydrogens is 170 g/mol. The largest absolute Gasteiger partial charge is 0.292 e. The fourth-order valence-electron chi connectivity index (χ4n) is 1.17. The van der Waals surface area contributed by atoms with E-state index in [9.17, 15) is 0 Å². The molecule has 0 aliphatic heterocycles. The molecule has 0 spiro atoms. The van der Waals surface area contributed by atoms with Gasteiger partial charge in [-0.25, -0.2) is 0 Å². The Kier molecular flexibility index (Phi) is 3.16. The Hall–Kier alpha value is -1.26. The van der Waals surface area contributed by atoms with Crippen LogP contribution in [-0.2, 0) is 6.37 Å². The van der Waals surface area contributed by atoms with Gasteiger partial charge in [-0.15, -0.1) is 6.42 Å². The lowest BCUT2D eigenvalue weighted by Crippen LogP contribution is -2.31. The molecule has 0 radical (unpaired) electrons. The predicted octanol–water partition coefficient (Wildman–Crippen LogP) is 2.18. The maximum Gasteiger partial charge on any atom is 0.0598 e. The van der Waals surface area contributed by atoms with E-state index in [1.807, 2.05) is 37.1 Å². The maximum absolute atomic E-state index is 8.14. The van der Waals surface area contributed by atoms with Gasteiger partial charge in [0, 0.05) is 8.78 Å². The monoisotopic (exact) mass is 189 g/mol. The van der Waals surface area contributed by atoms with Crippen molar-refractivity contribution in [2.75, 3.05) is 13.6 Å². The number of benzene rings is 1. The molecule has 0 amide bonds. The minimum Gasteiger partial charge on any atom is -0.292 e. The van der Waals surface area contributed by atoms with Crippen LogP contribution >= 0.6 is 0 Å². The lowest BCUT2D eigenvalue weighted by molar-refractivity contribution is 0.287. The molecule has 1 heteroatoms. The van der Waals surface area contributed by atoms with Gasteiger partial charge in [0.1, 0.15) is 0 Å². The van der Waals surface area contributed by atoms with Gasteiger partial charge in [-0.2, -0.15) is 0 Å². The summed E-state index contributed by atoms with van der Waals surface area (Å²) >= 11 is 0. The van der Waals surface area contributed by atoms with Crippen molar-refractivity contribution in [3.63, 3.8) is 0 Å². The van der Waals surface area contributed by atoms with Crippen LogP contribution in [0.3, 0.4) is 0 Å². The highest BCUT2D eigenvalue weighted by Crippen LogP contribution is 2.06. The number of terminal acetylenes is 1. The van der Waals surface area contributed by atoms with Crippen LogP contribution in [0.4, 0.5) is 0 Å². The zero-order valence-electron chi connectivity index (χ0n) is 10.7. The zero-order valence-corrected chi connectivity index (χ0v) is 8.70. The van der Waals surface area contributed by atoms with E-state index in [1.165, 1.54) is 0 Å². The maximum atomic E-state index is 8.14. The Morgan fingerprint density at radius 2 is 2.14 bits per heavy atom. The van der Waals surface area contributed by atoms with E-state index in [4.69, 9.17) is 9.16 Å². The molecule has 14 heavy (non-hydrogen) atoms. The summed E-state index contributed by atoms with van der Waals surface area (Å²) in [6, 6.07) is 8.93. The third kappa shape index (κ3) is 3.24. The van der Waals surface area contributed by atoms with Gasteiger partial charge in [-0.1, -0.05) is 36.3 Å². The van der Waals surface area contributed by atoms with Crippen LogP contribution in [0.25, 0.3) is 0 Å². The van der Waals surface area contributed by atoms with Crippen LogP contribution < -0.4 is 0 Å². The number of hydrogen-bond donors (Lipinski definition) is 0. The number of nitrogens with zero attached hydrogens (tertiary/aromatic N) is 1. The van der Waals surface area contributed by atoms with Crippen LogP contribution in [0.1, 0.15) is 15.2 Å². The van der Waals surface area contributed by atoms with Crippen molar-refractivity contribution in [2.24, 2.45) is 0 Å². The van der Waals surface area contributed by atoms with E-state index in [1.54, 1.807) is 12.1 Å². The molecule has 1 nitrogen and oxygen atoms in total. The van der Waals surface area contributed by atoms with Crippen LogP contribution in [0.15, 0.2) is 30.3 Å². The molecule has 74 valence electrons. The Labute approximate surface area is 89.6 Å². The van der Waals surface area contributed by atoms with Crippen molar-refractivity contribution in [1.82, 2.24) is 4.90 Å². The highest BCUT2D eigenvalue weighted by atomic mass is 15.1. The summed E-state index contributed by atoms with van der Waals surface area (Å²) in [5, 5.41) is 0. The molecule has 0 N–H and O–H groups in total. The first-order valence-electron chi connectivity index (χ1n) is 5.69. The molecule has 0 aliphatic rings. The average molecular weight is 189 g/mol. The van der Waals surface area contributed by atoms with Crippen LogP contribution in [0, 0.1) is 12.3 Å². The molecular formula is C13H17N. The van der Waals surface area contributed by atoms with Crippen molar-refractivity contribution < 1.29 is 2.74 Å². The summed E-state index contributed by atoms with van der Waals surface area (Å²) in [4.78, 5) is 1.84. The fourth-order valence-corrected chi connectivity index (χ4v) is 1.17. The van der Waals surface area contributed by atoms with Crippen molar-refractivity contribution >= 4 is 0 Å². The number of rotatable bonds is 4. The third-order valence-corrected chi connectivity index (χ3v) is 2.15. The van der Waals surface area contributed by atoms with Gasteiger partial charge in [-0.3, -0.25) is 4.90 Å². The highest BCUT2D eigenvalue weighted by molar-refractivity contribution is 5.15. The summed E-state index contributed by atoms with van der Waals surface area (Å²) in [5.41, 5.74) is 0.686. The molecule has 0 heterocycles. The van der Waals surface area contributed by atoms with E-state index in [0.29, 0.717) is 12.1 Å². The lowest BCUT2D eigenvalue weighted by Gasteiger charge is -2.22. The predicted molar refractivity (Wildman–Crippen MR) is 61.1 cm³/mol. The van der Waals surface area contributed by atoms with Crippen molar-refractivity contribution in [2.45, 2.75) is 19.3 Å². The van der Waals surface area contributed by atoms with E-state index in [2.05, 4.69) is 5.92 Å². The molecule has 0 saturated carbocycles. The van der Waals surface area contributed by atoms with E-state index >= 15 is 0 Å². The normalized spacial score (nSPS) is 15.6. The van der Waals surface area contributed by atoms with Crippen molar-refractivity contribution in [3.8, 4) is 12.3 Å². The highest BCUT2D eigenvalue weighted by Gasteiger charge is 2.07. The molecule has 0 bridgehead atoms. The Balaban J connectivity index is 2.90. The second kappa shape index (κ2) is 5.47. The van der Waals surface area contributed by atoms with Gasteiger partial charge >= 0.3 is 0 Å². The zero-order chi connectivity index (χ0) is 12.2. The molecule has 1 aromatic carbocycles. The van der Waals surface area contributed by atoms with E-state index in [-0.39, 0.29) is 6.04 Å². The molecule has 1 rings (SSSR count). The molecule has 1 aromatic rings. The SMILES string of the molecule is [2H]C([2H])(c1ccccc1)[C@@H](C)N(C)CC#C. The first kappa shape index (κ1) is 8.08. The van der Waals surface area contributed by atoms with E-state index in [0.717, 1.165) is 0 Å². The Morgan fingerprint density at radius 1 is 1.50 bits per heavy atom. The first-order chi connectivity index (χ1) is 7.50. The molecule has 0 aliphatic carbocycles. The smallest absolute Gasteiger partial charge is 0.0598 e. The van der Waals surface area contributed by atoms with Crippen molar-refractivity contribution in [3.05, 3.63) is 35.9 Å². The minimum absolute atomic E-state index is 0.258. The molecule has 0 unspecified atom stereocenters. The lowest BCUT2D eigenvalue weighted by atomic mass is 10.1. The summed E-state index contributed by atoms with van der Waals surface area (Å²) in [6.07, 6.45) is 3.84. The molecule has 1 atom stereocenters. The van der Waals surface area contributed by atoms with Gasteiger partial charge < -0.3 is 0 Å². The van der Waals surface area contributed by atoms with Gasteiger partial charge in [-0.05, 0) is 25.9 Å². The van der Waals surface area contributed by atoms with Gasteiger partial charge in [0.15, 0.2) is 0 Å². The second-order valence-electron chi connectivity index (χ2n) is 3.31. The van der Waals surface area contributed by atoms with Gasteiger partial charge in [0.25, 0.3) is 0 Å². The molecule has 0 aromatic heterocycles. The Bertz CT molecular complexity index is 367. The van der Waals surface area contributed by atoms with Crippen LogP contribution in [0.2, 0.25) is 0 Å². The van der Waals surface area contributed by atoms with Gasteiger partial charge in [0.2, 0.25) is 0 Å². The first-order valence-corrected chi connectivity index (χ1v) is 4.69. The van der Waals surface area contributed by atoms with E-state index < -0.39 is 6.37 Å². The van der Waals surface area contributed by atoms with Gasteiger partial charge in [0.05, 0.1) is 6.54 Å².